The molecule has 184 valence electrons. The Bertz CT molecular complexity index is 1230. The molecule has 2 aromatic carbocycles. The van der Waals surface area contributed by atoms with Gasteiger partial charge in [0, 0.05) is 31.0 Å². The van der Waals surface area contributed by atoms with Crippen molar-refractivity contribution < 1.29 is 24.5 Å². The van der Waals surface area contributed by atoms with E-state index in [4.69, 9.17) is 21.4 Å². The number of aliphatic carboxylic acids is 1. The highest BCUT2D eigenvalue weighted by Crippen LogP contribution is 2.40. The number of hydrogen-bond acceptors (Lipinski definition) is 4. The first-order valence-corrected chi connectivity index (χ1v) is 12.4. The summed E-state index contributed by atoms with van der Waals surface area (Å²) in [6.45, 7) is 0.139. The minimum absolute atomic E-state index is 0.139. The normalized spacial score (nSPS) is 22.3. The van der Waals surface area contributed by atoms with Crippen LogP contribution in [-0.4, -0.2) is 45.4 Å². The Morgan fingerprint density at radius 3 is 2.60 bits per heavy atom. The first-order chi connectivity index (χ1) is 16.9. The molecule has 1 saturated heterocycles. The summed E-state index contributed by atoms with van der Waals surface area (Å²) in [7, 11) is 0. The Morgan fingerprint density at radius 2 is 1.89 bits per heavy atom. The van der Waals surface area contributed by atoms with Gasteiger partial charge in [0.1, 0.15) is 12.6 Å². The molecule has 1 aromatic heterocycles. The zero-order chi connectivity index (χ0) is 24.5. The van der Waals surface area contributed by atoms with Crippen LogP contribution < -0.4 is 5.32 Å². The standard InChI is InChI=1S/C27H29ClN2O5/c28-22-2-1-3-23-27(22)19(10-16-4-6-17(7-5-16)18-8-9-18)15-30(23)25-12-20(31)11-21(35-25)14-29-24(32)13-26(33)34/h1-7,15,18,20-21,25,31H,8-14H2,(H,29,32)(H,33,34). The predicted octanol–water partition coefficient (Wildman–Crippen LogP) is 4.39. The molecule has 1 aliphatic carbocycles. The van der Waals surface area contributed by atoms with Crippen LogP contribution >= 0.6 is 11.6 Å². The van der Waals surface area contributed by atoms with Gasteiger partial charge in [0.25, 0.3) is 0 Å². The summed E-state index contributed by atoms with van der Waals surface area (Å²) in [5.74, 6) is -1.04. The lowest BCUT2D eigenvalue weighted by Gasteiger charge is -2.34. The molecule has 1 amide bonds. The van der Waals surface area contributed by atoms with Crippen molar-refractivity contribution in [3.63, 3.8) is 0 Å². The maximum atomic E-state index is 11.8. The number of hydrogen-bond donors (Lipinski definition) is 3. The van der Waals surface area contributed by atoms with E-state index in [0.717, 1.165) is 28.8 Å². The smallest absolute Gasteiger partial charge is 0.312 e. The van der Waals surface area contributed by atoms with E-state index in [1.54, 1.807) is 0 Å². The van der Waals surface area contributed by atoms with Crippen molar-refractivity contribution in [2.45, 2.75) is 62.9 Å². The number of carboxylic acid groups (broad SMARTS) is 1. The van der Waals surface area contributed by atoms with E-state index < -0.39 is 36.7 Å². The molecule has 3 atom stereocenters. The number of aliphatic hydroxyl groups is 1. The van der Waals surface area contributed by atoms with Crippen LogP contribution in [-0.2, 0) is 20.7 Å². The molecule has 3 aromatic rings. The third-order valence-electron chi connectivity index (χ3n) is 6.82. The van der Waals surface area contributed by atoms with Crippen LogP contribution in [0.1, 0.15) is 60.9 Å². The number of rotatable bonds is 8. The maximum absolute atomic E-state index is 11.8. The molecule has 2 aliphatic rings. The Kier molecular flexibility index (Phi) is 6.82. The summed E-state index contributed by atoms with van der Waals surface area (Å²) < 4.78 is 8.27. The SMILES string of the molecule is O=C(O)CC(=O)NCC1CC(O)CC(n2cc(Cc3ccc(C4CC4)cc3)c3c(Cl)cccc32)O1. The monoisotopic (exact) mass is 496 g/mol. The Balaban J connectivity index is 1.37. The minimum Gasteiger partial charge on any atom is -0.481 e. The van der Waals surface area contributed by atoms with Crippen LogP contribution in [0.25, 0.3) is 10.9 Å². The van der Waals surface area contributed by atoms with Gasteiger partial charge in [-0.1, -0.05) is 41.9 Å². The van der Waals surface area contributed by atoms with Gasteiger partial charge in [0.15, 0.2) is 0 Å². The molecule has 5 rings (SSSR count). The number of amides is 1. The largest absolute Gasteiger partial charge is 0.481 e. The number of aliphatic hydroxyl groups excluding tert-OH is 1. The second-order valence-electron chi connectivity index (χ2n) is 9.60. The van der Waals surface area contributed by atoms with Gasteiger partial charge in [-0.25, -0.2) is 0 Å². The molecule has 2 fully saturated rings. The van der Waals surface area contributed by atoms with Crippen molar-refractivity contribution in [2.24, 2.45) is 0 Å². The number of carbonyl (C=O) groups excluding carboxylic acids is 1. The van der Waals surface area contributed by atoms with Gasteiger partial charge in [-0.15, -0.1) is 0 Å². The summed E-state index contributed by atoms with van der Waals surface area (Å²) in [6, 6.07) is 14.6. The van der Waals surface area contributed by atoms with E-state index in [1.807, 2.05) is 29.0 Å². The van der Waals surface area contributed by atoms with Crippen LogP contribution in [0, 0.1) is 0 Å². The zero-order valence-electron chi connectivity index (χ0n) is 19.3. The molecule has 35 heavy (non-hydrogen) atoms. The Morgan fingerprint density at radius 1 is 1.11 bits per heavy atom. The topological polar surface area (TPSA) is 101 Å². The first-order valence-electron chi connectivity index (χ1n) is 12.1. The number of nitrogens with one attached hydrogen (secondary N) is 1. The van der Waals surface area contributed by atoms with Crippen LogP contribution in [0.4, 0.5) is 0 Å². The molecule has 1 aliphatic heterocycles. The number of benzene rings is 2. The van der Waals surface area contributed by atoms with E-state index >= 15 is 0 Å². The van der Waals surface area contributed by atoms with Crippen molar-refractivity contribution in [2.75, 3.05) is 6.54 Å². The highest BCUT2D eigenvalue weighted by molar-refractivity contribution is 6.35. The van der Waals surface area contributed by atoms with Gasteiger partial charge in [-0.2, -0.15) is 0 Å². The van der Waals surface area contributed by atoms with Gasteiger partial charge >= 0.3 is 5.97 Å². The lowest BCUT2D eigenvalue weighted by atomic mass is 10.0. The highest BCUT2D eigenvalue weighted by atomic mass is 35.5. The lowest BCUT2D eigenvalue weighted by Crippen LogP contribution is -2.41. The third kappa shape index (κ3) is 5.53. The minimum atomic E-state index is -1.18. The van der Waals surface area contributed by atoms with Crippen molar-refractivity contribution >= 4 is 34.4 Å². The van der Waals surface area contributed by atoms with Crippen LogP contribution in [0.3, 0.4) is 0 Å². The molecule has 2 heterocycles. The molecular weight excluding hydrogens is 468 g/mol. The zero-order valence-corrected chi connectivity index (χ0v) is 20.1. The van der Waals surface area contributed by atoms with Crippen molar-refractivity contribution in [3.05, 3.63) is 70.4 Å². The molecular formula is C27H29ClN2O5. The van der Waals surface area contributed by atoms with Crippen LogP contribution in [0.15, 0.2) is 48.7 Å². The van der Waals surface area contributed by atoms with Crippen LogP contribution in [0.5, 0.6) is 0 Å². The second-order valence-corrected chi connectivity index (χ2v) is 10.0. The second kappa shape index (κ2) is 10.0. The summed E-state index contributed by atoms with van der Waals surface area (Å²) in [6.07, 6.45) is 4.03. The van der Waals surface area contributed by atoms with Crippen molar-refractivity contribution in [1.82, 2.24) is 9.88 Å². The number of fused-ring (bicyclic) bond motifs is 1. The van der Waals surface area contributed by atoms with E-state index in [9.17, 15) is 14.7 Å². The predicted molar refractivity (Wildman–Crippen MR) is 133 cm³/mol. The molecule has 8 heteroatoms. The molecule has 0 bridgehead atoms. The molecule has 0 radical (unpaired) electrons. The van der Waals surface area contributed by atoms with E-state index in [-0.39, 0.29) is 6.54 Å². The number of ether oxygens (including phenoxy) is 1. The third-order valence-corrected chi connectivity index (χ3v) is 7.13. The molecule has 0 spiro atoms. The summed E-state index contributed by atoms with van der Waals surface area (Å²) >= 11 is 6.64. The maximum Gasteiger partial charge on any atom is 0.312 e. The van der Waals surface area contributed by atoms with Gasteiger partial charge < -0.3 is 24.8 Å². The molecule has 3 N–H and O–H groups in total. The Labute approximate surface area is 208 Å². The van der Waals surface area contributed by atoms with E-state index in [0.29, 0.717) is 17.9 Å². The fourth-order valence-corrected chi connectivity index (χ4v) is 5.26. The molecule has 1 saturated carbocycles. The Hall–Kier alpha value is -2.87. The number of carboxylic acids is 1. The van der Waals surface area contributed by atoms with E-state index in [2.05, 4.69) is 29.6 Å². The number of aromatic nitrogens is 1. The number of halogens is 1. The average Bonchev–Trinajstić information content (AvgIpc) is 3.60. The van der Waals surface area contributed by atoms with Crippen LogP contribution in [0.2, 0.25) is 5.02 Å². The number of carbonyl (C=O) groups is 2. The van der Waals surface area contributed by atoms with Gasteiger partial charge in [0.05, 0.1) is 22.7 Å². The summed E-state index contributed by atoms with van der Waals surface area (Å²) in [5.41, 5.74) is 4.62. The summed E-state index contributed by atoms with van der Waals surface area (Å²) in [4.78, 5) is 22.5. The van der Waals surface area contributed by atoms with Crippen molar-refractivity contribution in [1.29, 1.82) is 0 Å². The fraction of sp³-hybridized carbons (Fsp3) is 0.407. The van der Waals surface area contributed by atoms with Gasteiger partial charge in [-0.05, 0) is 54.0 Å². The average molecular weight is 497 g/mol. The number of nitrogens with zero attached hydrogens (tertiary/aromatic N) is 1. The quantitative estimate of drug-likeness (QED) is 0.401. The van der Waals surface area contributed by atoms with Gasteiger partial charge in [-0.3, -0.25) is 9.59 Å². The highest BCUT2D eigenvalue weighted by Gasteiger charge is 2.31. The van der Waals surface area contributed by atoms with Crippen molar-refractivity contribution in [3.8, 4) is 0 Å². The molecule has 7 nitrogen and oxygen atoms in total. The molecule has 3 unspecified atom stereocenters. The first kappa shape index (κ1) is 23.9. The fourth-order valence-electron chi connectivity index (χ4n) is 4.97. The lowest BCUT2D eigenvalue weighted by molar-refractivity contribution is -0.142. The van der Waals surface area contributed by atoms with Gasteiger partial charge in [0.2, 0.25) is 5.91 Å². The summed E-state index contributed by atoms with van der Waals surface area (Å²) in [5, 5.41) is 23.5. The van der Waals surface area contributed by atoms with E-state index in [1.165, 1.54) is 24.0 Å².